The third kappa shape index (κ3) is 3.09. The van der Waals surface area contributed by atoms with E-state index in [1.165, 1.54) is 18.7 Å². The van der Waals surface area contributed by atoms with E-state index >= 15 is 0 Å². The number of ketones is 1. The highest BCUT2D eigenvalue weighted by atomic mass is 16.2. The van der Waals surface area contributed by atoms with Crippen molar-refractivity contribution in [2.45, 2.75) is 33.7 Å². The smallest absolute Gasteiger partial charge is 0.295 e. The van der Waals surface area contributed by atoms with Crippen LogP contribution in [0.15, 0.2) is 41.6 Å². The van der Waals surface area contributed by atoms with Crippen molar-refractivity contribution in [3.63, 3.8) is 0 Å². The summed E-state index contributed by atoms with van der Waals surface area (Å²) in [4.78, 5) is 39.9. The molecule has 124 valence electrons. The third-order valence-corrected chi connectivity index (χ3v) is 4.01. The van der Waals surface area contributed by atoms with E-state index in [1.807, 2.05) is 30.3 Å². The number of Topliss-reactive ketones (excluding diaryl/α,β-unsaturated/α-hetero) is 1. The van der Waals surface area contributed by atoms with Gasteiger partial charge in [-0.3, -0.25) is 19.4 Å². The molecule has 5 heteroatoms. The predicted molar refractivity (Wildman–Crippen MR) is 90.6 cm³/mol. The van der Waals surface area contributed by atoms with E-state index in [0.717, 1.165) is 10.5 Å². The van der Waals surface area contributed by atoms with Crippen LogP contribution in [0.2, 0.25) is 0 Å². The van der Waals surface area contributed by atoms with E-state index in [9.17, 15) is 14.4 Å². The van der Waals surface area contributed by atoms with Gasteiger partial charge in [-0.1, -0.05) is 36.3 Å². The number of nitrogens with zero attached hydrogens (tertiary/aromatic N) is 2. The summed E-state index contributed by atoms with van der Waals surface area (Å²) in [6.07, 6.45) is 0. The van der Waals surface area contributed by atoms with Crippen molar-refractivity contribution in [3.05, 3.63) is 47.2 Å². The second-order valence-electron chi connectivity index (χ2n) is 5.55. The van der Waals surface area contributed by atoms with Crippen LogP contribution in [0.3, 0.4) is 0 Å². The van der Waals surface area contributed by atoms with Crippen LogP contribution in [0, 0.1) is 11.8 Å². The molecule has 1 aromatic rings. The molecule has 5 nitrogen and oxygen atoms in total. The van der Waals surface area contributed by atoms with Crippen molar-refractivity contribution in [3.8, 4) is 11.8 Å². The minimum atomic E-state index is -0.709. The highest BCUT2D eigenvalue weighted by Gasteiger charge is 2.42. The molecule has 3 amide bonds. The summed E-state index contributed by atoms with van der Waals surface area (Å²) in [6.45, 7) is 6.32. The fourth-order valence-electron chi connectivity index (χ4n) is 2.92. The van der Waals surface area contributed by atoms with Crippen LogP contribution in [0.5, 0.6) is 0 Å². The quantitative estimate of drug-likeness (QED) is 0.803. The molecule has 2 rings (SSSR count). The molecule has 1 heterocycles. The number of amides is 3. The fraction of sp³-hybridized carbons (Fsp3) is 0.316. The van der Waals surface area contributed by atoms with E-state index < -0.39 is 18.0 Å². The maximum Gasteiger partial charge on any atom is 0.332 e. The predicted octanol–water partition coefficient (Wildman–Crippen LogP) is 2.90. The minimum absolute atomic E-state index is 0.142. The molecule has 0 fully saturated rings. The number of benzene rings is 1. The number of carbonyl (C=O) groups excluding carboxylic acids is 3. The maximum absolute atomic E-state index is 12.9. The first-order chi connectivity index (χ1) is 11.4. The van der Waals surface area contributed by atoms with E-state index in [2.05, 4.69) is 11.8 Å². The van der Waals surface area contributed by atoms with Gasteiger partial charge >= 0.3 is 6.03 Å². The lowest BCUT2D eigenvalue weighted by Crippen LogP contribution is -2.52. The zero-order chi connectivity index (χ0) is 17.9. The molecule has 0 aliphatic carbocycles. The third-order valence-electron chi connectivity index (χ3n) is 4.01. The second kappa shape index (κ2) is 7.14. The van der Waals surface area contributed by atoms with Crippen molar-refractivity contribution < 1.29 is 14.4 Å². The first-order valence-corrected chi connectivity index (χ1v) is 7.67. The fourth-order valence-corrected chi connectivity index (χ4v) is 2.92. The molecule has 0 saturated heterocycles. The summed E-state index contributed by atoms with van der Waals surface area (Å²) >= 11 is 0. The highest BCUT2D eigenvalue weighted by molar-refractivity contribution is 6.03. The van der Waals surface area contributed by atoms with Crippen LogP contribution in [0.4, 0.5) is 4.79 Å². The Bertz CT molecular complexity index is 769. The van der Waals surface area contributed by atoms with E-state index in [0.29, 0.717) is 11.3 Å². The minimum Gasteiger partial charge on any atom is -0.295 e. The number of allylic oxidation sites excluding steroid dienone is 1. The summed E-state index contributed by atoms with van der Waals surface area (Å²) in [6, 6.07) is 7.94. The number of imide groups is 1. The number of carbonyl (C=O) groups is 3. The van der Waals surface area contributed by atoms with Gasteiger partial charge in [0.25, 0.3) is 0 Å². The molecule has 1 atom stereocenters. The van der Waals surface area contributed by atoms with E-state index in [-0.39, 0.29) is 12.3 Å². The van der Waals surface area contributed by atoms with Crippen LogP contribution in [-0.4, -0.2) is 34.1 Å². The number of hydrogen-bond acceptors (Lipinski definition) is 3. The normalized spacial score (nSPS) is 17.5. The Morgan fingerprint density at radius 1 is 1.17 bits per heavy atom. The van der Waals surface area contributed by atoms with Crippen LogP contribution < -0.4 is 0 Å². The number of hydrogen-bond donors (Lipinski definition) is 0. The van der Waals surface area contributed by atoms with E-state index in [1.54, 1.807) is 13.8 Å². The maximum atomic E-state index is 12.9. The Balaban J connectivity index is 2.70. The van der Waals surface area contributed by atoms with Gasteiger partial charge in [0.2, 0.25) is 5.91 Å². The van der Waals surface area contributed by atoms with Gasteiger partial charge in [-0.25, -0.2) is 4.79 Å². The molecule has 0 N–H and O–H groups in total. The zero-order valence-corrected chi connectivity index (χ0v) is 14.3. The van der Waals surface area contributed by atoms with E-state index in [4.69, 9.17) is 0 Å². The molecular formula is C19H20N2O3. The molecule has 0 radical (unpaired) electrons. The summed E-state index contributed by atoms with van der Waals surface area (Å²) in [5.41, 5.74) is 1.71. The standard InChI is InChI=1S/C19H20N2O3/c1-5-6-12-20-13(2)17(14(3)22)18(16-10-8-7-9-11-16)21(15(4)23)19(20)24/h7-11,18H,12H2,1-4H3. The van der Waals surface area contributed by atoms with Crippen LogP contribution in [0.1, 0.15) is 39.3 Å². The Morgan fingerprint density at radius 3 is 2.29 bits per heavy atom. The highest BCUT2D eigenvalue weighted by Crippen LogP contribution is 2.37. The van der Waals surface area contributed by atoms with Crippen LogP contribution >= 0.6 is 0 Å². The average Bonchev–Trinajstić information content (AvgIpc) is 2.54. The molecule has 1 aliphatic heterocycles. The molecule has 0 spiro atoms. The first kappa shape index (κ1) is 17.5. The van der Waals surface area contributed by atoms with Crippen LogP contribution in [0.25, 0.3) is 0 Å². The molecular weight excluding hydrogens is 304 g/mol. The Labute approximate surface area is 141 Å². The molecule has 0 aromatic heterocycles. The Hall–Kier alpha value is -2.87. The topological polar surface area (TPSA) is 57.7 Å². The van der Waals surface area contributed by atoms with Gasteiger partial charge in [0, 0.05) is 18.2 Å². The van der Waals surface area contributed by atoms with Gasteiger partial charge in [0.05, 0.1) is 12.6 Å². The Kier molecular flexibility index (Phi) is 5.20. The van der Waals surface area contributed by atoms with Gasteiger partial charge in [-0.15, -0.1) is 5.92 Å². The van der Waals surface area contributed by atoms with Crippen molar-refractivity contribution in [2.24, 2.45) is 0 Å². The zero-order valence-electron chi connectivity index (χ0n) is 14.3. The lowest BCUT2D eigenvalue weighted by molar-refractivity contribution is -0.128. The van der Waals surface area contributed by atoms with Crippen molar-refractivity contribution in [2.75, 3.05) is 6.54 Å². The van der Waals surface area contributed by atoms with Gasteiger partial charge in [-0.2, -0.15) is 0 Å². The van der Waals surface area contributed by atoms with Crippen molar-refractivity contribution in [1.29, 1.82) is 0 Å². The molecule has 0 bridgehead atoms. The lowest BCUT2D eigenvalue weighted by atomic mass is 9.90. The van der Waals surface area contributed by atoms with Crippen LogP contribution in [-0.2, 0) is 9.59 Å². The number of rotatable bonds is 3. The molecule has 1 unspecified atom stereocenters. The van der Waals surface area contributed by atoms with Crippen molar-refractivity contribution in [1.82, 2.24) is 9.80 Å². The summed E-state index contributed by atoms with van der Waals surface area (Å²) in [7, 11) is 0. The average molecular weight is 324 g/mol. The van der Waals surface area contributed by atoms with Gasteiger partial charge in [0.1, 0.15) is 0 Å². The largest absolute Gasteiger partial charge is 0.332 e. The summed E-state index contributed by atoms with van der Waals surface area (Å²) in [5.74, 6) is 4.98. The molecule has 1 aliphatic rings. The summed E-state index contributed by atoms with van der Waals surface area (Å²) < 4.78 is 0. The summed E-state index contributed by atoms with van der Waals surface area (Å²) in [5, 5.41) is 0. The van der Waals surface area contributed by atoms with Gasteiger partial charge in [-0.05, 0) is 26.3 Å². The molecule has 0 saturated carbocycles. The monoisotopic (exact) mass is 324 g/mol. The van der Waals surface area contributed by atoms with Gasteiger partial charge in [0.15, 0.2) is 5.78 Å². The number of urea groups is 1. The first-order valence-electron chi connectivity index (χ1n) is 7.67. The van der Waals surface area contributed by atoms with Crippen molar-refractivity contribution >= 4 is 17.7 Å². The SMILES string of the molecule is CC#CCN1C(=O)N(C(C)=O)C(c2ccccc2)C(C(C)=O)=C1C. The Morgan fingerprint density at radius 2 is 1.79 bits per heavy atom. The molecule has 1 aromatic carbocycles. The molecule has 24 heavy (non-hydrogen) atoms. The second-order valence-corrected chi connectivity index (χ2v) is 5.55. The van der Waals surface area contributed by atoms with Gasteiger partial charge < -0.3 is 0 Å². The lowest BCUT2D eigenvalue weighted by Gasteiger charge is -2.40.